The zero-order chi connectivity index (χ0) is 22.1. The minimum atomic E-state index is -0.725. The van der Waals surface area contributed by atoms with Crippen LogP contribution < -0.4 is 14.2 Å². The van der Waals surface area contributed by atoms with E-state index in [9.17, 15) is 14.7 Å². The maximum Gasteiger partial charge on any atom is 0.295 e. The lowest BCUT2D eigenvalue weighted by atomic mass is 9.95. The molecule has 0 spiro atoms. The molecule has 2 aliphatic heterocycles. The van der Waals surface area contributed by atoms with E-state index in [1.807, 2.05) is 6.92 Å². The number of likely N-dealkylation sites (tertiary alicyclic amines) is 1. The number of benzene rings is 2. The summed E-state index contributed by atoms with van der Waals surface area (Å²) >= 11 is 3.40. The van der Waals surface area contributed by atoms with Gasteiger partial charge in [-0.1, -0.05) is 13.0 Å². The van der Waals surface area contributed by atoms with Crippen molar-refractivity contribution in [1.29, 1.82) is 0 Å². The molecular weight excluding hydrogens is 466 g/mol. The number of ketones is 1. The molecule has 2 aromatic rings. The molecule has 31 heavy (non-hydrogen) atoms. The van der Waals surface area contributed by atoms with Crippen molar-refractivity contribution in [2.24, 2.45) is 0 Å². The van der Waals surface area contributed by atoms with E-state index >= 15 is 0 Å². The second-order valence-corrected chi connectivity index (χ2v) is 8.10. The Bertz CT molecular complexity index is 1080. The van der Waals surface area contributed by atoms with Crippen LogP contribution in [-0.2, 0) is 9.59 Å². The molecule has 2 aliphatic rings. The summed E-state index contributed by atoms with van der Waals surface area (Å²) in [7, 11) is 1.54. The highest BCUT2D eigenvalue weighted by molar-refractivity contribution is 9.10. The molecule has 4 rings (SSSR count). The molecule has 8 heteroatoms. The molecule has 1 N–H and O–H groups in total. The van der Waals surface area contributed by atoms with Gasteiger partial charge < -0.3 is 24.2 Å². The van der Waals surface area contributed by atoms with Gasteiger partial charge in [0, 0.05) is 12.1 Å². The molecule has 1 unspecified atom stereocenters. The fourth-order valence-electron chi connectivity index (χ4n) is 3.90. The Labute approximate surface area is 188 Å². The molecular formula is C23H22BrNO6. The maximum atomic E-state index is 13.0. The van der Waals surface area contributed by atoms with Gasteiger partial charge in [0.05, 0.1) is 23.2 Å². The molecule has 2 heterocycles. The Kier molecular flexibility index (Phi) is 5.91. The minimum absolute atomic E-state index is 0.0483. The molecule has 7 nitrogen and oxygen atoms in total. The van der Waals surface area contributed by atoms with E-state index in [2.05, 4.69) is 15.9 Å². The first-order chi connectivity index (χ1) is 15.0. The van der Waals surface area contributed by atoms with Crippen LogP contribution in [0.2, 0.25) is 0 Å². The summed E-state index contributed by atoms with van der Waals surface area (Å²) in [5.74, 6) is 0.180. The number of methoxy groups -OCH3 is 1. The van der Waals surface area contributed by atoms with Crippen LogP contribution in [0.5, 0.6) is 17.2 Å². The van der Waals surface area contributed by atoms with Gasteiger partial charge in [-0.05, 0) is 58.2 Å². The van der Waals surface area contributed by atoms with Crippen LogP contribution in [0.25, 0.3) is 5.76 Å². The Balaban J connectivity index is 1.86. The number of fused-ring (bicyclic) bond motifs is 1. The van der Waals surface area contributed by atoms with Gasteiger partial charge in [0.25, 0.3) is 11.7 Å². The molecule has 0 aliphatic carbocycles. The van der Waals surface area contributed by atoms with Crippen molar-refractivity contribution in [2.75, 3.05) is 26.9 Å². The van der Waals surface area contributed by atoms with E-state index in [1.54, 1.807) is 36.4 Å². The lowest BCUT2D eigenvalue weighted by Crippen LogP contribution is -2.30. The normalized spacial score (nSPS) is 19.6. The predicted octanol–water partition coefficient (Wildman–Crippen LogP) is 4.06. The third-order valence-electron chi connectivity index (χ3n) is 5.31. The Morgan fingerprint density at radius 1 is 1.16 bits per heavy atom. The second kappa shape index (κ2) is 8.63. The number of aliphatic hydroxyl groups is 1. The number of amides is 1. The van der Waals surface area contributed by atoms with Crippen LogP contribution in [0, 0.1) is 0 Å². The summed E-state index contributed by atoms with van der Waals surface area (Å²) in [6, 6.07) is 9.58. The van der Waals surface area contributed by atoms with E-state index in [-0.39, 0.29) is 11.3 Å². The minimum Gasteiger partial charge on any atom is -0.507 e. The van der Waals surface area contributed by atoms with E-state index < -0.39 is 17.7 Å². The maximum absolute atomic E-state index is 13.0. The molecule has 1 atom stereocenters. The van der Waals surface area contributed by atoms with Crippen molar-refractivity contribution in [3.8, 4) is 17.2 Å². The van der Waals surface area contributed by atoms with E-state index in [0.717, 1.165) is 0 Å². The van der Waals surface area contributed by atoms with Crippen molar-refractivity contribution in [2.45, 2.75) is 19.4 Å². The third-order valence-corrected chi connectivity index (χ3v) is 5.93. The van der Waals surface area contributed by atoms with Crippen LogP contribution in [0.4, 0.5) is 0 Å². The topological polar surface area (TPSA) is 85.3 Å². The summed E-state index contributed by atoms with van der Waals surface area (Å²) in [5.41, 5.74) is 1.13. The van der Waals surface area contributed by atoms with E-state index in [4.69, 9.17) is 14.2 Å². The zero-order valence-electron chi connectivity index (χ0n) is 17.2. The average molecular weight is 488 g/mol. The highest BCUT2D eigenvalue weighted by Gasteiger charge is 2.46. The van der Waals surface area contributed by atoms with Crippen LogP contribution in [0.1, 0.15) is 30.5 Å². The van der Waals surface area contributed by atoms with Crippen LogP contribution >= 0.6 is 15.9 Å². The Hall–Kier alpha value is -3.00. The van der Waals surface area contributed by atoms with Crippen LogP contribution in [0.3, 0.4) is 0 Å². The molecule has 0 bridgehead atoms. The van der Waals surface area contributed by atoms with Crippen LogP contribution in [-0.4, -0.2) is 48.6 Å². The quantitative estimate of drug-likeness (QED) is 0.388. The second-order valence-electron chi connectivity index (χ2n) is 7.24. The third kappa shape index (κ3) is 3.76. The first-order valence-electron chi connectivity index (χ1n) is 9.98. The summed E-state index contributed by atoms with van der Waals surface area (Å²) in [5, 5.41) is 11.1. The molecule has 1 saturated heterocycles. The molecule has 1 amide bonds. The zero-order valence-corrected chi connectivity index (χ0v) is 18.8. The van der Waals surface area contributed by atoms with Crippen molar-refractivity contribution in [3.63, 3.8) is 0 Å². The van der Waals surface area contributed by atoms with Gasteiger partial charge in [0.1, 0.15) is 24.7 Å². The summed E-state index contributed by atoms with van der Waals surface area (Å²) < 4.78 is 17.1. The number of ether oxygens (including phenoxy) is 3. The summed E-state index contributed by atoms with van der Waals surface area (Å²) in [6.07, 6.45) is 0.669. The largest absolute Gasteiger partial charge is 0.507 e. The highest BCUT2D eigenvalue weighted by Crippen LogP contribution is 2.43. The van der Waals surface area contributed by atoms with Gasteiger partial charge in [-0.15, -0.1) is 0 Å². The SMILES string of the molecule is CCCN1C(=O)C(=O)/C(=C(/O)c2ccc(OC)c(Br)c2)C1c1ccc2c(c1)OCCO2. The molecule has 0 aromatic heterocycles. The number of hydrogen-bond acceptors (Lipinski definition) is 6. The van der Waals surface area contributed by atoms with Gasteiger partial charge in [-0.25, -0.2) is 0 Å². The summed E-state index contributed by atoms with van der Waals surface area (Å²) in [4.78, 5) is 27.3. The number of hydrogen-bond donors (Lipinski definition) is 1. The fraction of sp³-hybridized carbons (Fsp3) is 0.304. The molecule has 162 valence electrons. The number of nitrogens with zero attached hydrogens (tertiary/aromatic N) is 1. The van der Waals surface area contributed by atoms with Gasteiger partial charge in [-0.2, -0.15) is 0 Å². The first kappa shape index (κ1) is 21.2. The van der Waals surface area contributed by atoms with E-state index in [0.29, 0.717) is 59.0 Å². The predicted molar refractivity (Wildman–Crippen MR) is 117 cm³/mol. The van der Waals surface area contributed by atoms with Gasteiger partial charge in [-0.3, -0.25) is 9.59 Å². The Morgan fingerprint density at radius 2 is 1.90 bits per heavy atom. The number of aliphatic hydroxyl groups excluding tert-OH is 1. The molecule has 0 radical (unpaired) electrons. The number of carbonyl (C=O) groups excluding carboxylic acids is 2. The average Bonchev–Trinajstić information content (AvgIpc) is 3.03. The lowest BCUT2D eigenvalue weighted by Gasteiger charge is -2.26. The van der Waals surface area contributed by atoms with Crippen molar-refractivity contribution >= 4 is 33.4 Å². The van der Waals surface area contributed by atoms with Crippen molar-refractivity contribution in [1.82, 2.24) is 4.90 Å². The summed E-state index contributed by atoms with van der Waals surface area (Å²) in [6.45, 7) is 3.20. The Morgan fingerprint density at radius 3 is 2.58 bits per heavy atom. The number of halogens is 1. The monoisotopic (exact) mass is 487 g/mol. The lowest BCUT2D eigenvalue weighted by molar-refractivity contribution is -0.139. The molecule has 0 saturated carbocycles. The molecule has 2 aromatic carbocycles. The van der Waals surface area contributed by atoms with Crippen molar-refractivity contribution < 1.29 is 28.9 Å². The van der Waals surface area contributed by atoms with Gasteiger partial charge in [0.15, 0.2) is 11.5 Å². The number of Topliss-reactive ketones (excluding diaryl/α,β-unsaturated/α-hetero) is 1. The number of carbonyl (C=O) groups is 2. The van der Waals surface area contributed by atoms with Crippen LogP contribution in [0.15, 0.2) is 46.4 Å². The standard InChI is InChI=1S/C23H22BrNO6/c1-3-8-25-20(13-4-7-17-18(12-13)31-10-9-30-17)19(22(27)23(25)28)21(26)14-5-6-16(29-2)15(24)11-14/h4-7,11-12,20,26H,3,8-10H2,1-2H3/b21-19+. The first-order valence-corrected chi connectivity index (χ1v) is 10.8. The van der Waals surface area contributed by atoms with E-state index in [1.165, 1.54) is 12.0 Å². The molecule has 1 fully saturated rings. The number of rotatable bonds is 5. The fourth-order valence-corrected chi connectivity index (χ4v) is 4.44. The highest BCUT2D eigenvalue weighted by atomic mass is 79.9. The smallest absolute Gasteiger partial charge is 0.295 e. The van der Waals surface area contributed by atoms with Crippen molar-refractivity contribution in [3.05, 3.63) is 57.6 Å². The van der Waals surface area contributed by atoms with Gasteiger partial charge in [0.2, 0.25) is 0 Å². The van der Waals surface area contributed by atoms with Gasteiger partial charge >= 0.3 is 0 Å².